The second kappa shape index (κ2) is 8.62. The van der Waals surface area contributed by atoms with E-state index in [4.69, 9.17) is 19.9 Å². The molecule has 0 aliphatic carbocycles. The minimum Gasteiger partial charge on any atom is -0.397 e. The second-order valence-electron chi connectivity index (χ2n) is 3.57. The smallest absolute Gasteiger partial charge is 0.268 e. The first-order chi connectivity index (χ1) is 8.74. The molecule has 2 N–H and O–H groups in total. The zero-order valence-corrected chi connectivity index (χ0v) is 10.5. The highest BCUT2D eigenvalue weighted by atomic mass is 16.5. The van der Waals surface area contributed by atoms with Crippen molar-refractivity contribution in [3.05, 3.63) is 22.6 Å². The van der Waals surface area contributed by atoms with Crippen LogP contribution in [0.2, 0.25) is 0 Å². The lowest BCUT2D eigenvalue weighted by Crippen LogP contribution is -2.24. The Bertz CT molecular complexity index is 394. The molecule has 1 heterocycles. The Morgan fingerprint density at radius 2 is 1.89 bits per heavy atom. The van der Waals surface area contributed by atoms with Crippen LogP contribution >= 0.6 is 0 Å². The highest BCUT2D eigenvalue weighted by Gasteiger charge is 1.97. The summed E-state index contributed by atoms with van der Waals surface area (Å²) < 4.78 is 16.7. The molecule has 0 aromatic carbocycles. The molecule has 102 valence electrons. The quantitative estimate of drug-likeness (QED) is 0.600. The van der Waals surface area contributed by atoms with Crippen LogP contribution in [0.15, 0.2) is 17.1 Å². The van der Waals surface area contributed by atoms with Gasteiger partial charge in [0.15, 0.2) is 0 Å². The Hall–Kier alpha value is -1.44. The number of aromatic nitrogens is 2. The van der Waals surface area contributed by atoms with Crippen molar-refractivity contribution in [1.29, 1.82) is 0 Å². The molecule has 0 fully saturated rings. The van der Waals surface area contributed by atoms with Gasteiger partial charge in [-0.1, -0.05) is 0 Å². The summed E-state index contributed by atoms with van der Waals surface area (Å²) in [5.41, 5.74) is 5.57. The maximum Gasteiger partial charge on any atom is 0.268 e. The molecule has 7 heteroatoms. The SMILES string of the molecule is COCCOCCOCCn1ncc(N)cc1=O. The maximum absolute atomic E-state index is 11.4. The number of methoxy groups -OCH3 is 1. The van der Waals surface area contributed by atoms with E-state index in [1.807, 2.05) is 0 Å². The highest BCUT2D eigenvalue weighted by molar-refractivity contribution is 5.31. The van der Waals surface area contributed by atoms with Gasteiger partial charge in [-0.3, -0.25) is 4.79 Å². The largest absolute Gasteiger partial charge is 0.397 e. The number of rotatable bonds is 9. The molecule has 0 saturated heterocycles. The lowest BCUT2D eigenvalue weighted by atomic mass is 10.5. The van der Waals surface area contributed by atoms with Crippen molar-refractivity contribution in [2.24, 2.45) is 0 Å². The van der Waals surface area contributed by atoms with Gasteiger partial charge in [0.1, 0.15) is 0 Å². The molecule has 0 saturated carbocycles. The average molecular weight is 257 g/mol. The minimum atomic E-state index is -0.227. The summed E-state index contributed by atoms with van der Waals surface area (Å²) in [5, 5.41) is 3.89. The van der Waals surface area contributed by atoms with Gasteiger partial charge in [-0.05, 0) is 0 Å². The van der Waals surface area contributed by atoms with Crippen LogP contribution in [0.1, 0.15) is 0 Å². The van der Waals surface area contributed by atoms with E-state index in [1.165, 1.54) is 16.9 Å². The van der Waals surface area contributed by atoms with Crippen molar-refractivity contribution in [2.75, 3.05) is 45.9 Å². The van der Waals surface area contributed by atoms with Crippen molar-refractivity contribution in [3.63, 3.8) is 0 Å². The molecule has 0 aliphatic heterocycles. The van der Waals surface area contributed by atoms with E-state index in [2.05, 4.69) is 5.10 Å². The van der Waals surface area contributed by atoms with Gasteiger partial charge in [0.25, 0.3) is 5.56 Å². The topological polar surface area (TPSA) is 88.6 Å². The molecule has 0 spiro atoms. The van der Waals surface area contributed by atoms with Crippen LogP contribution in [0.25, 0.3) is 0 Å². The lowest BCUT2D eigenvalue weighted by Gasteiger charge is -2.06. The third-order valence-electron chi connectivity index (χ3n) is 2.14. The van der Waals surface area contributed by atoms with Crippen LogP contribution < -0.4 is 11.3 Å². The first-order valence-electron chi connectivity index (χ1n) is 5.71. The van der Waals surface area contributed by atoms with Crippen LogP contribution in [-0.4, -0.2) is 49.9 Å². The van der Waals surface area contributed by atoms with Crippen molar-refractivity contribution < 1.29 is 14.2 Å². The van der Waals surface area contributed by atoms with E-state index >= 15 is 0 Å². The lowest BCUT2D eigenvalue weighted by molar-refractivity contribution is 0.0223. The molecule has 18 heavy (non-hydrogen) atoms. The number of hydrogen-bond donors (Lipinski definition) is 1. The molecule has 0 bridgehead atoms. The summed E-state index contributed by atoms with van der Waals surface area (Å²) in [6.45, 7) is 2.92. The molecular formula is C11H19N3O4. The van der Waals surface area contributed by atoms with Crippen LogP contribution in [0.3, 0.4) is 0 Å². The van der Waals surface area contributed by atoms with E-state index in [1.54, 1.807) is 7.11 Å². The number of nitrogens with two attached hydrogens (primary N) is 1. The first kappa shape index (κ1) is 14.6. The van der Waals surface area contributed by atoms with Crippen LogP contribution in [-0.2, 0) is 20.8 Å². The number of anilines is 1. The van der Waals surface area contributed by atoms with Gasteiger partial charge in [0.2, 0.25) is 0 Å². The third-order valence-corrected chi connectivity index (χ3v) is 2.14. The van der Waals surface area contributed by atoms with Crippen LogP contribution in [0.5, 0.6) is 0 Å². The van der Waals surface area contributed by atoms with Crippen molar-refractivity contribution in [2.45, 2.75) is 6.54 Å². The standard InChI is InChI=1S/C11H19N3O4/c1-16-4-5-18-7-6-17-3-2-14-11(15)8-10(12)9-13-14/h8-9H,2-7,12H2,1H3. The van der Waals surface area contributed by atoms with Gasteiger partial charge in [-0.25, -0.2) is 4.68 Å². The molecule has 0 radical (unpaired) electrons. The van der Waals surface area contributed by atoms with E-state index in [9.17, 15) is 4.79 Å². The van der Waals surface area contributed by atoms with Gasteiger partial charge < -0.3 is 19.9 Å². The number of ether oxygens (including phenoxy) is 3. The molecule has 0 unspecified atom stereocenters. The molecule has 0 amide bonds. The van der Waals surface area contributed by atoms with Gasteiger partial charge in [-0.2, -0.15) is 5.10 Å². The molecule has 0 aliphatic rings. The third kappa shape index (κ3) is 5.76. The number of hydrogen-bond acceptors (Lipinski definition) is 6. The van der Waals surface area contributed by atoms with Gasteiger partial charge >= 0.3 is 0 Å². The van der Waals surface area contributed by atoms with Gasteiger partial charge in [0.05, 0.1) is 51.5 Å². The summed E-state index contributed by atoms with van der Waals surface area (Å²) in [7, 11) is 1.62. The van der Waals surface area contributed by atoms with Crippen LogP contribution in [0, 0.1) is 0 Å². The molecule has 1 aromatic rings. The second-order valence-corrected chi connectivity index (χ2v) is 3.57. The summed E-state index contributed by atoms with van der Waals surface area (Å²) in [4.78, 5) is 11.4. The van der Waals surface area contributed by atoms with Crippen LogP contribution in [0.4, 0.5) is 5.69 Å². The molecule has 1 rings (SSSR count). The highest BCUT2D eigenvalue weighted by Crippen LogP contribution is 1.90. The van der Waals surface area contributed by atoms with E-state index in [-0.39, 0.29) is 5.56 Å². The maximum atomic E-state index is 11.4. The Balaban J connectivity index is 2.09. The molecular weight excluding hydrogens is 238 g/mol. The van der Waals surface area contributed by atoms with Crippen molar-refractivity contribution >= 4 is 5.69 Å². The molecule has 1 aromatic heterocycles. The van der Waals surface area contributed by atoms with E-state index in [0.717, 1.165) is 0 Å². The van der Waals surface area contributed by atoms with E-state index in [0.29, 0.717) is 45.3 Å². The average Bonchev–Trinajstić information content (AvgIpc) is 2.35. The number of nitrogen functional groups attached to an aromatic ring is 1. The zero-order chi connectivity index (χ0) is 13.2. The minimum absolute atomic E-state index is 0.227. The van der Waals surface area contributed by atoms with Gasteiger partial charge in [-0.15, -0.1) is 0 Å². The van der Waals surface area contributed by atoms with Crippen molar-refractivity contribution in [3.8, 4) is 0 Å². The predicted octanol–water partition coefficient (Wildman–Crippen LogP) is -0.495. The Kier molecular flexibility index (Phi) is 7.00. The monoisotopic (exact) mass is 257 g/mol. The normalized spacial score (nSPS) is 10.7. The predicted molar refractivity (Wildman–Crippen MR) is 66.4 cm³/mol. The molecule has 0 atom stereocenters. The Morgan fingerprint density at radius 1 is 1.22 bits per heavy atom. The summed E-state index contributed by atoms with van der Waals surface area (Å²) in [6, 6.07) is 1.33. The first-order valence-corrected chi connectivity index (χ1v) is 5.71. The Labute approximate surface area is 105 Å². The summed E-state index contributed by atoms with van der Waals surface area (Å²) >= 11 is 0. The number of nitrogens with zero attached hydrogens (tertiary/aromatic N) is 2. The summed E-state index contributed by atoms with van der Waals surface area (Å²) in [6.07, 6.45) is 1.44. The fraction of sp³-hybridized carbons (Fsp3) is 0.636. The fourth-order valence-corrected chi connectivity index (χ4v) is 1.23. The molecule has 7 nitrogen and oxygen atoms in total. The fourth-order valence-electron chi connectivity index (χ4n) is 1.23. The zero-order valence-electron chi connectivity index (χ0n) is 10.5. The Morgan fingerprint density at radius 3 is 2.56 bits per heavy atom. The van der Waals surface area contributed by atoms with Gasteiger partial charge in [0, 0.05) is 13.2 Å². The van der Waals surface area contributed by atoms with E-state index < -0.39 is 0 Å². The summed E-state index contributed by atoms with van der Waals surface area (Å²) in [5.74, 6) is 0. The van der Waals surface area contributed by atoms with Crippen molar-refractivity contribution in [1.82, 2.24) is 9.78 Å².